The molecule has 0 radical (unpaired) electrons. The Morgan fingerprint density at radius 1 is 1.11 bits per heavy atom. The highest BCUT2D eigenvalue weighted by Gasteiger charge is 2.39. The van der Waals surface area contributed by atoms with Crippen molar-refractivity contribution in [2.24, 2.45) is 0 Å². The summed E-state index contributed by atoms with van der Waals surface area (Å²) >= 11 is 1.14. The fourth-order valence-electron chi connectivity index (χ4n) is 2.76. The lowest BCUT2D eigenvalue weighted by Crippen LogP contribution is -2.31. The summed E-state index contributed by atoms with van der Waals surface area (Å²) in [6.45, 7) is 0. The first-order valence-electron chi connectivity index (χ1n) is 8.51. The first-order chi connectivity index (χ1) is 13.5. The number of hydrogen-bond donors (Lipinski definition) is 1. The number of amides is 3. The Labute approximate surface area is 166 Å². The van der Waals surface area contributed by atoms with Crippen LogP contribution in [0.15, 0.2) is 54.6 Å². The van der Waals surface area contributed by atoms with Crippen molar-refractivity contribution in [3.05, 3.63) is 60.2 Å². The third-order valence-electron chi connectivity index (χ3n) is 4.13. The average molecular weight is 398 g/mol. The smallest absolute Gasteiger partial charge is 0.337 e. The van der Waals surface area contributed by atoms with Crippen LogP contribution in [0.3, 0.4) is 0 Å². The van der Waals surface area contributed by atoms with Gasteiger partial charge in [0.05, 0.1) is 29.4 Å². The molecule has 28 heavy (non-hydrogen) atoms. The monoisotopic (exact) mass is 398 g/mol. The molecule has 0 aromatic heterocycles. The molecule has 1 N–H and O–H groups in total. The van der Waals surface area contributed by atoms with E-state index in [4.69, 9.17) is 0 Å². The lowest BCUT2D eigenvalue weighted by Gasteiger charge is -2.14. The van der Waals surface area contributed by atoms with Crippen LogP contribution in [0.4, 0.5) is 11.4 Å². The van der Waals surface area contributed by atoms with Gasteiger partial charge in [-0.2, -0.15) is 0 Å². The van der Waals surface area contributed by atoms with Crippen LogP contribution in [-0.4, -0.2) is 41.8 Å². The number of thioether (sulfide) groups is 1. The molecular formula is C20H18N2O5S. The van der Waals surface area contributed by atoms with E-state index in [1.165, 1.54) is 12.0 Å². The molecule has 3 amide bonds. The van der Waals surface area contributed by atoms with Gasteiger partial charge < -0.3 is 10.1 Å². The zero-order chi connectivity index (χ0) is 20.1. The molecule has 1 heterocycles. The van der Waals surface area contributed by atoms with E-state index in [1.807, 2.05) is 6.07 Å². The average Bonchev–Trinajstić information content (AvgIpc) is 3.00. The molecule has 1 saturated heterocycles. The highest BCUT2D eigenvalue weighted by Crippen LogP contribution is 2.29. The minimum Gasteiger partial charge on any atom is -0.465 e. The minimum atomic E-state index is -0.583. The predicted molar refractivity (Wildman–Crippen MR) is 106 cm³/mol. The Morgan fingerprint density at radius 3 is 2.43 bits per heavy atom. The normalized spacial score (nSPS) is 16.2. The van der Waals surface area contributed by atoms with Gasteiger partial charge in [0, 0.05) is 12.1 Å². The van der Waals surface area contributed by atoms with Crippen molar-refractivity contribution >= 4 is 46.8 Å². The summed E-state index contributed by atoms with van der Waals surface area (Å²) < 4.78 is 4.62. The molecule has 2 aromatic rings. The number of methoxy groups -OCH3 is 1. The van der Waals surface area contributed by atoms with Gasteiger partial charge >= 0.3 is 5.97 Å². The number of carbonyl (C=O) groups is 4. The molecule has 8 heteroatoms. The maximum Gasteiger partial charge on any atom is 0.337 e. The van der Waals surface area contributed by atoms with Crippen LogP contribution in [0.5, 0.6) is 0 Å². The summed E-state index contributed by atoms with van der Waals surface area (Å²) in [5.41, 5.74) is 1.44. The van der Waals surface area contributed by atoms with Gasteiger partial charge in [-0.3, -0.25) is 14.4 Å². The van der Waals surface area contributed by atoms with Gasteiger partial charge in [0.15, 0.2) is 0 Å². The Balaban J connectivity index is 1.54. The Morgan fingerprint density at radius 2 is 1.79 bits per heavy atom. The van der Waals surface area contributed by atoms with Crippen molar-refractivity contribution in [2.45, 2.75) is 11.7 Å². The van der Waals surface area contributed by atoms with Crippen LogP contribution in [0.25, 0.3) is 0 Å². The third-order valence-corrected chi connectivity index (χ3v) is 5.32. The minimum absolute atomic E-state index is 0.0328. The van der Waals surface area contributed by atoms with Crippen molar-refractivity contribution < 1.29 is 23.9 Å². The van der Waals surface area contributed by atoms with Crippen molar-refractivity contribution in [2.75, 3.05) is 23.1 Å². The quantitative estimate of drug-likeness (QED) is 0.594. The summed E-state index contributed by atoms with van der Waals surface area (Å²) in [4.78, 5) is 49.4. The van der Waals surface area contributed by atoms with Crippen LogP contribution in [-0.2, 0) is 19.1 Å². The maximum absolute atomic E-state index is 12.5. The van der Waals surface area contributed by atoms with Crippen LogP contribution < -0.4 is 10.2 Å². The van der Waals surface area contributed by atoms with E-state index in [9.17, 15) is 19.2 Å². The van der Waals surface area contributed by atoms with E-state index >= 15 is 0 Å². The van der Waals surface area contributed by atoms with Crippen molar-refractivity contribution in [3.8, 4) is 0 Å². The first kappa shape index (κ1) is 19.6. The van der Waals surface area contributed by atoms with Gasteiger partial charge in [0.25, 0.3) is 0 Å². The number of ether oxygens (including phenoxy) is 1. The molecule has 7 nitrogen and oxygen atoms in total. The van der Waals surface area contributed by atoms with Crippen LogP contribution in [0, 0.1) is 0 Å². The van der Waals surface area contributed by atoms with Crippen molar-refractivity contribution in [3.63, 3.8) is 0 Å². The van der Waals surface area contributed by atoms with Gasteiger partial charge in [-0.1, -0.05) is 18.2 Å². The number of carbonyl (C=O) groups excluding carboxylic acids is 4. The lowest BCUT2D eigenvalue weighted by atomic mass is 10.2. The first-order valence-corrected chi connectivity index (χ1v) is 9.56. The summed E-state index contributed by atoms with van der Waals surface area (Å²) in [6, 6.07) is 15.0. The molecule has 0 aliphatic carbocycles. The Kier molecular flexibility index (Phi) is 6.10. The summed E-state index contributed by atoms with van der Waals surface area (Å²) in [5.74, 6) is -1.30. The zero-order valence-corrected chi connectivity index (χ0v) is 15.9. The molecule has 1 aliphatic rings. The van der Waals surface area contributed by atoms with Gasteiger partial charge in [-0.05, 0) is 36.4 Å². The Bertz CT molecular complexity index is 899. The number of imide groups is 1. The third kappa shape index (κ3) is 4.40. The number of anilines is 2. The molecule has 1 aliphatic heterocycles. The van der Waals surface area contributed by atoms with E-state index in [-0.39, 0.29) is 29.9 Å². The molecule has 0 unspecified atom stereocenters. The van der Waals surface area contributed by atoms with Crippen LogP contribution in [0.2, 0.25) is 0 Å². The second kappa shape index (κ2) is 8.71. The molecular weight excluding hydrogens is 380 g/mol. The second-order valence-corrected chi connectivity index (χ2v) is 7.21. The SMILES string of the molecule is COC(=O)c1ccc(NC(=O)CS[C@@H]2CC(=O)N(c3ccccc3)C2=O)cc1. The maximum atomic E-state index is 12.5. The summed E-state index contributed by atoms with van der Waals surface area (Å²) in [7, 11) is 1.29. The number of esters is 1. The molecule has 0 spiro atoms. The lowest BCUT2D eigenvalue weighted by molar-refractivity contribution is -0.121. The number of nitrogens with zero attached hydrogens (tertiary/aromatic N) is 1. The van der Waals surface area contributed by atoms with E-state index in [2.05, 4.69) is 10.1 Å². The Hall–Kier alpha value is -3.13. The highest BCUT2D eigenvalue weighted by atomic mass is 32.2. The topological polar surface area (TPSA) is 92.8 Å². The largest absolute Gasteiger partial charge is 0.465 e. The molecule has 1 atom stereocenters. The van der Waals surface area contributed by atoms with Crippen LogP contribution in [0.1, 0.15) is 16.8 Å². The van der Waals surface area contributed by atoms with Gasteiger partial charge in [-0.15, -0.1) is 11.8 Å². The summed E-state index contributed by atoms with van der Waals surface area (Å²) in [6.07, 6.45) is 0.0689. The molecule has 0 bridgehead atoms. The summed E-state index contributed by atoms with van der Waals surface area (Å²) in [5, 5.41) is 2.11. The fourth-order valence-corrected chi connectivity index (χ4v) is 3.70. The number of nitrogens with one attached hydrogen (secondary N) is 1. The molecule has 1 fully saturated rings. The standard InChI is InChI=1S/C20H18N2O5S/c1-27-20(26)13-7-9-14(10-8-13)21-17(23)12-28-16-11-18(24)22(19(16)25)15-5-3-2-4-6-15/h2-10,16H,11-12H2,1H3,(H,21,23)/t16-/m1/s1. The van der Waals surface area contributed by atoms with E-state index in [0.717, 1.165) is 11.8 Å². The second-order valence-electron chi connectivity index (χ2n) is 6.02. The zero-order valence-electron chi connectivity index (χ0n) is 15.1. The van der Waals surface area contributed by atoms with Gasteiger partial charge in [-0.25, -0.2) is 9.69 Å². The number of hydrogen-bond acceptors (Lipinski definition) is 6. The van der Waals surface area contributed by atoms with Gasteiger partial charge in [0.1, 0.15) is 0 Å². The fraction of sp³-hybridized carbons (Fsp3) is 0.200. The van der Waals surface area contributed by atoms with E-state index < -0.39 is 11.2 Å². The molecule has 3 rings (SSSR count). The predicted octanol–water partition coefficient (Wildman–Crippen LogP) is 2.48. The van der Waals surface area contributed by atoms with Crippen LogP contribution >= 0.6 is 11.8 Å². The van der Waals surface area contributed by atoms with E-state index in [1.54, 1.807) is 48.5 Å². The molecule has 144 valence electrons. The number of benzene rings is 2. The highest BCUT2D eigenvalue weighted by molar-refractivity contribution is 8.01. The van der Waals surface area contributed by atoms with Crippen molar-refractivity contribution in [1.82, 2.24) is 0 Å². The van der Waals surface area contributed by atoms with Crippen molar-refractivity contribution in [1.29, 1.82) is 0 Å². The molecule has 2 aromatic carbocycles. The molecule has 0 saturated carbocycles. The number of para-hydroxylation sites is 1. The van der Waals surface area contributed by atoms with E-state index in [0.29, 0.717) is 16.9 Å². The van der Waals surface area contributed by atoms with Gasteiger partial charge in [0.2, 0.25) is 17.7 Å². The number of rotatable bonds is 6.